The molecule has 0 aliphatic carbocycles. The fourth-order valence-corrected chi connectivity index (χ4v) is 5.42. The summed E-state index contributed by atoms with van der Waals surface area (Å²) in [5.41, 5.74) is 1.11. The lowest BCUT2D eigenvalue weighted by Gasteiger charge is -2.02. The smallest absolute Gasteiger partial charge is 0.236 e. The highest BCUT2D eigenvalue weighted by Crippen LogP contribution is 2.29. The Labute approximate surface area is 167 Å². The molecule has 25 heavy (non-hydrogen) atoms. The highest BCUT2D eigenvalue weighted by atomic mass is 35.5. The van der Waals surface area contributed by atoms with E-state index in [1.807, 2.05) is 30.3 Å². The van der Waals surface area contributed by atoms with Crippen LogP contribution < -0.4 is 5.32 Å². The maximum Gasteiger partial charge on any atom is 0.236 e. The van der Waals surface area contributed by atoms with E-state index < -0.39 is 0 Å². The second-order valence-electron chi connectivity index (χ2n) is 4.91. The third-order valence-corrected chi connectivity index (χ3v) is 7.28. The van der Waals surface area contributed by atoms with Gasteiger partial charge in [-0.1, -0.05) is 52.9 Å². The molecule has 9 heteroatoms. The van der Waals surface area contributed by atoms with Crippen LogP contribution in [-0.4, -0.2) is 21.9 Å². The Hall–Kier alpha value is -1.06. The molecule has 130 valence electrons. The number of aromatic nitrogens is 2. The van der Waals surface area contributed by atoms with Crippen LogP contribution >= 0.6 is 57.8 Å². The molecule has 0 atom stereocenters. The second kappa shape index (κ2) is 9.59. The molecule has 2 aromatic heterocycles. The van der Waals surface area contributed by atoms with E-state index >= 15 is 0 Å². The summed E-state index contributed by atoms with van der Waals surface area (Å²) >= 11 is 12.2. The lowest BCUT2D eigenvalue weighted by molar-refractivity contribution is -0.113. The molecule has 4 nitrogen and oxygen atoms in total. The normalized spacial score (nSPS) is 10.8. The standard InChI is InChI=1S/C16H14ClN3OS4/c17-12-4-1-3-11(7-12)8-22-10-14(21)18-15-19-20-16(25-15)24-9-13-5-2-6-23-13/h1-7H,8-10H2,(H,18,19,21). The van der Waals surface area contributed by atoms with Gasteiger partial charge in [-0.25, -0.2) is 0 Å². The molecular formula is C16H14ClN3OS4. The van der Waals surface area contributed by atoms with Crippen molar-refractivity contribution in [2.75, 3.05) is 11.1 Å². The van der Waals surface area contributed by atoms with Gasteiger partial charge in [-0.05, 0) is 29.1 Å². The van der Waals surface area contributed by atoms with Crippen LogP contribution in [0.3, 0.4) is 0 Å². The minimum absolute atomic E-state index is 0.0713. The van der Waals surface area contributed by atoms with Gasteiger partial charge in [-0.15, -0.1) is 33.3 Å². The maximum atomic E-state index is 12.0. The number of thioether (sulfide) groups is 2. The van der Waals surface area contributed by atoms with Gasteiger partial charge in [0, 0.05) is 21.4 Å². The van der Waals surface area contributed by atoms with Gasteiger partial charge >= 0.3 is 0 Å². The number of rotatable bonds is 8. The molecule has 2 heterocycles. The van der Waals surface area contributed by atoms with E-state index in [2.05, 4.69) is 27.0 Å². The van der Waals surface area contributed by atoms with Gasteiger partial charge in [0.2, 0.25) is 11.0 Å². The van der Waals surface area contributed by atoms with E-state index in [0.29, 0.717) is 15.9 Å². The van der Waals surface area contributed by atoms with Gasteiger partial charge in [0.1, 0.15) is 0 Å². The SMILES string of the molecule is O=C(CSCc1cccc(Cl)c1)Nc1nnc(SCc2cccs2)s1. The van der Waals surface area contributed by atoms with Gasteiger partial charge < -0.3 is 0 Å². The Balaban J connectivity index is 1.40. The van der Waals surface area contributed by atoms with Crippen molar-refractivity contribution in [1.82, 2.24) is 10.2 Å². The van der Waals surface area contributed by atoms with Crippen LogP contribution in [0.4, 0.5) is 5.13 Å². The third-order valence-electron chi connectivity index (χ3n) is 2.96. The molecule has 0 spiro atoms. The lowest BCUT2D eigenvalue weighted by Crippen LogP contribution is -2.13. The maximum absolute atomic E-state index is 12.0. The van der Waals surface area contributed by atoms with Crippen molar-refractivity contribution >= 4 is 68.8 Å². The second-order valence-corrected chi connectivity index (χ2v) is 9.57. The van der Waals surface area contributed by atoms with Gasteiger partial charge in [0.25, 0.3) is 0 Å². The fourth-order valence-electron chi connectivity index (χ4n) is 1.89. The van der Waals surface area contributed by atoms with Crippen LogP contribution in [-0.2, 0) is 16.3 Å². The largest absolute Gasteiger partial charge is 0.300 e. The molecule has 0 aliphatic rings. The average molecular weight is 428 g/mol. The Kier molecular flexibility index (Phi) is 7.18. The number of carbonyl (C=O) groups is 1. The van der Waals surface area contributed by atoms with Gasteiger partial charge in [0.05, 0.1) is 5.75 Å². The number of benzene rings is 1. The van der Waals surface area contributed by atoms with Crippen molar-refractivity contribution < 1.29 is 4.79 Å². The molecule has 1 amide bonds. The summed E-state index contributed by atoms with van der Waals surface area (Å²) in [6.07, 6.45) is 0. The van der Waals surface area contributed by atoms with E-state index in [0.717, 1.165) is 21.4 Å². The Morgan fingerprint density at radius 1 is 1.20 bits per heavy atom. The number of anilines is 1. The molecule has 0 unspecified atom stereocenters. The van der Waals surface area contributed by atoms with Crippen LogP contribution in [0.5, 0.6) is 0 Å². The summed E-state index contributed by atoms with van der Waals surface area (Å²) < 4.78 is 0.857. The van der Waals surface area contributed by atoms with E-state index in [9.17, 15) is 4.79 Å². The topological polar surface area (TPSA) is 54.9 Å². The molecule has 1 N–H and O–H groups in total. The number of nitrogens with zero attached hydrogens (tertiary/aromatic N) is 2. The molecule has 3 rings (SSSR count). The molecule has 3 aromatic rings. The van der Waals surface area contributed by atoms with Crippen LogP contribution in [0.15, 0.2) is 46.1 Å². The number of hydrogen-bond acceptors (Lipinski definition) is 7. The number of amides is 1. The minimum Gasteiger partial charge on any atom is -0.300 e. The van der Waals surface area contributed by atoms with Crippen molar-refractivity contribution in [3.8, 4) is 0 Å². The zero-order chi connectivity index (χ0) is 17.5. The summed E-state index contributed by atoms with van der Waals surface area (Å²) in [5.74, 6) is 1.91. The molecule has 0 saturated heterocycles. The van der Waals surface area contributed by atoms with Crippen molar-refractivity contribution in [2.45, 2.75) is 15.8 Å². The van der Waals surface area contributed by atoms with E-state index in [1.54, 1.807) is 23.1 Å². The number of halogens is 1. The van der Waals surface area contributed by atoms with Gasteiger partial charge in [0.15, 0.2) is 4.34 Å². The number of carbonyl (C=O) groups excluding carboxylic acids is 1. The first-order valence-electron chi connectivity index (χ1n) is 7.30. The molecule has 0 bridgehead atoms. The van der Waals surface area contributed by atoms with Crippen molar-refractivity contribution in [3.05, 3.63) is 57.2 Å². The van der Waals surface area contributed by atoms with Crippen LogP contribution in [0.1, 0.15) is 10.4 Å². The van der Waals surface area contributed by atoms with Crippen LogP contribution in [0.25, 0.3) is 0 Å². The Bertz CT molecular complexity index is 822. The Morgan fingerprint density at radius 2 is 2.12 bits per heavy atom. The first-order chi connectivity index (χ1) is 12.2. The van der Waals surface area contributed by atoms with E-state index in [-0.39, 0.29) is 5.91 Å². The summed E-state index contributed by atoms with van der Waals surface area (Å²) in [6.45, 7) is 0. The Morgan fingerprint density at radius 3 is 2.92 bits per heavy atom. The van der Waals surface area contributed by atoms with Crippen molar-refractivity contribution in [1.29, 1.82) is 0 Å². The molecule has 1 aromatic carbocycles. The first kappa shape index (κ1) is 18.7. The zero-order valence-corrected chi connectivity index (χ0v) is 17.0. The number of hydrogen-bond donors (Lipinski definition) is 1. The summed E-state index contributed by atoms with van der Waals surface area (Å²) in [4.78, 5) is 13.3. The van der Waals surface area contributed by atoms with E-state index in [4.69, 9.17) is 11.6 Å². The highest BCUT2D eigenvalue weighted by molar-refractivity contribution is 8.00. The molecule has 0 saturated carbocycles. The quantitative estimate of drug-likeness (QED) is 0.384. The van der Waals surface area contributed by atoms with Crippen molar-refractivity contribution in [2.24, 2.45) is 0 Å². The van der Waals surface area contributed by atoms with Crippen molar-refractivity contribution in [3.63, 3.8) is 0 Å². The number of thiophene rings is 1. The molecule has 0 aliphatic heterocycles. The predicted octanol–water partition coefficient (Wildman–Crippen LogP) is 5.42. The van der Waals surface area contributed by atoms with Gasteiger partial charge in [-0.3, -0.25) is 10.1 Å². The van der Waals surface area contributed by atoms with Gasteiger partial charge in [-0.2, -0.15) is 0 Å². The van der Waals surface area contributed by atoms with Crippen LogP contribution in [0.2, 0.25) is 5.02 Å². The summed E-state index contributed by atoms with van der Waals surface area (Å²) in [7, 11) is 0. The zero-order valence-electron chi connectivity index (χ0n) is 13.0. The fraction of sp³-hybridized carbons (Fsp3) is 0.188. The lowest BCUT2D eigenvalue weighted by atomic mass is 10.2. The third kappa shape index (κ3) is 6.31. The first-order valence-corrected chi connectivity index (χ1v) is 11.5. The van der Waals surface area contributed by atoms with Crippen LogP contribution in [0, 0.1) is 0 Å². The highest BCUT2D eigenvalue weighted by Gasteiger charge is 2.09. The number of nitrogens with one attached hydrogen (secondary N) is 1. The summed E-state index contributed by atoms with van der Waals surface area (Å²) in [6, 6.07) is 11.8. The average Bonchev–Trinajstić information content (AvgIpc) is 3.24. The summed E-state index contributed by atoms with van der Waals surface area (Å²) in [5, 5.41) is 14.2. The molecule has 0 radical (unpaired) electrons. The molecular weight excluding hydrogens is 414 g/mol. The predicted molar refractivity (Wildman–Crippen MR) is 110 cm³/mol. The monoisotopic (exact) mass is 427 g/mol. The minimum atomic E-state index is -0.0713. The van der Waals surface area contributed by atoms with E-state index in [1.165, 1.54) is 28.0 Å². The molecule has 0 fully saturated rings.